The SMILES string of the molecule is CC(C)=C[C@H]1CC[C@@]2(C)[C@H](O)CC[C@](C)(O)[C@H]12. The lowest BCUT2D eigenvalue weighted by Gasteiger charge is -2.50. The maximum atomic E-state index is 10.7. The van der Waals surface area contributed by atoms with Crippen molar-refractivity contribution in [3.05, 3.63) is 11.6 Å². The van der Waals surface area contributed by atoms with Gasteiger partial charge in [-0.25, -0.2) is 0 Å². The Labute approximate surface area is 105 Å². The smallest absolute Gasteiger partial charge is 0.0660 e. The maximum Gasteiger partial charge on any atom is 0.0660 e. The minimum absolute atomic E-state index is 0.0988. The molecule has 2 aliphatic rings. The van der Waals surface area contributed by atoms with Crippen molar-refractivity contribution in [3.63, 3.8) is 0 Å². The van der Waals surface area contributed by atoms with Gasteiger partial charge in [0.1, 0.15) is 0 Å². The fourth-order valence-corrected chi connectivity index (χ4v) is 4.36. The van der Waals surface area contributed by atoms with Crippen molar-refractivity contribution in [1.82, 2.24) is 0 Å². The quantitative estimate of drug-likeness (QED) is 0.690. The predicted molar refractivity (Wildman–Crippen MR) is 69.6 cm³/mol. The average Bonchev–Trinajstić information content (AvgIpc) is 2.52. The Hall–Kier alpha value is -0.340. The molecule has 0 unspecified atom stereocenters. The first-order chi connectivity index (χ1) is 7.77. The van der Waals surface area contributed by atoms with Crippen LogP contribution in [-0.4, -0.2) is 21.9 Å². The molecule has 5 atom stereocenters. The largest absolute Gasteiger partial charge is 0.393 e. The molecule has 17 heavy (non-hydrogen) atoms. The lowest BCUT2D eigenvalue weighted by Crippen LogP contribution is -2.53. The van der Waals surface area contributed by atoms with Gasteiger partial charge in [-0.05, 0) is 57.8 Å². The Kier molecular flexibility index (Phi) is 3.16. The van der Waals surface area contributed by atoms with Gasteiger partial charge in [-0.3, -0.25) is 0 Å². The second-order valence-electron chi connectivity index (χ2n) is 6.84. The Morgan fingerprint density at radius 1 is 1.18 bits per heavy atom. The number of aliphatic hydroxyl groups excluding tert-OH is 1. The minimum Gasteiger partial charge on any atom is -0.393 e. The molecule has 0 bridgehead atoms. The van der Waals surface area contributed by atoms with Crippen molar-refractivity contribution in [2.24, 2.45) is 17.3 Å². The molecule has 2 rings (SSSR count). The van der Waals surface area contributed by atoms with E-state index in [0.717, 1.165) is 25.7 Å². The molecule has 0 radical (unpaired) electrons. The summed E-state index contributed by atoms with van der Waals surface area (Å²) >= 11 is 0. The Bertz CT molecular complexity index is 328. The Morgan fingerprint density at radius 2 is 1.82 bits per heavy atom. The summed E-state index contributed by atoms with van der Waals surface area (Å²) in [5.41, 5.74) is 0.592. The van der Waals surface area contributed by atoms with Crippen LogP contribution in [0.25, 0.3) is 0 Å². The van der Waals surface area contributed by atoms with Crippen molar-refractivity contribution < 1.29 is 10.2 Å². The summed E-state index contributed by atoms with van der Waals surface area (Å²) < 4.78 is 0. The maximum absolute atomic E-state index is 10.7. The summed E-state index contributed by atoms with van der Waals surface area (Å²) in [4.78, 5) is 0. The first-order valence-electron chi connectivity index (χ1n) is 6.83. The lowest BCUT2D eigenvalue weighted by atomic mass is 9.59. The number of allylic oxidation sites excluding steroid dienone is 2. The number of rotatable bonds is 1. The number of fused-ring (bicyclic) bond motifs is 1. The summed E-state index contributed by atoms with van der Waals surface area (Å²) in [5.74, 6) is 0.628. The number of aliphatic hydroxyl groups is 2. The molecule has 2 heteroatoms. The van der Waals surface area contributed by atoms with E-state index in [0.29, 0.717) is 5.92 Å². The standard InChI is InChI=1S/C15H26O2/c1-10(2)9-11-5-7-14(3)12(16)6-8-15(4,17)13(11)14/h9,11-13,16-17H,5-8H2,1-4H3/t11-,12-,13-,14+,15+/m1/s1. The summed E-state index contributed by atoms with van der Waals surface area (Å²) in [6.07, 6.45) is 5.64. The minimum atomic E-state index is -0.624. The molecule has 0 aromatic rings. The van der Waals surface area contributed by atoms with Gasteiger partial charge in [0.2, 0.25) is 0 Å². The molecule has 0 amide bonds. The van der Waals surface area contributed by atoms with E-state index in [4.69, 9.17) is 0 Å². The van der Waals surface area contributed by atoms with E-state index in [2.05, 4.69) is 26.8 Å². The van der Waals surface area contributed by atoms with E-state index >= 15 is 0 Å². The van der Waals surface area contributed by atoms with E-state index in [1.165, 1.54) is 5.57 Å². The van der Waals surface area contributed by atoms with E-state index in [-0.39, 0.29) is 17.4 Å². The highest BCUT2D eigenvalue weighted by atomic mass is 16.3. The van der Waals surface area contributed by atoms with Crippen LogP contribution in [0.1, 0.15) is 53.4 Å². The molecule has 2 saturated carbocycles. The van der Waals surface area contributed by atoms with Crippen molar-refractivity contribution in [1.29, 1.82) is 0 Å². The Balaban J connectivity index is 2.35. The molecule has 0 heterocycles. The molecule has 0 aliphatic heterocycles. The topological polar surface area (TPSA) is 40.5 Å². The fourth-order valence-electron chi connectivity index (χ4n) is 4.36. The zero-order chi connectivity index (χ0) is 12.8. The third-order valence-electron chi connectivity index (χ3n) is 5.06. The molecule has 2 aliphatic carbocycles. The predicted octanol–water partition coefficient (Wildman–Crippen LogP) is 2.89. The van der Waals surface area contributed by atoms with E-state index in [9.17, 15) is 10.2 Å². The van der Waals surface area contributed by atoms with Gasteiger partial charge in [0.15, 0.2) is 0 Å². The first-order valence-corrected chi connectivity index (χ1v) is 6.83. The van der Waals surface area contributed by atoms with Crippen LogP contribution in [0, 0.1) is 17.3 Å². The van der Waals surface area contributed by atoms with Gasteiger partial charge in [-0.2, -0.15) is 0 Å². The molecule has 2 N–H and O–H groups in total. The van der Waals surface area contributed by atoms with Crippen molar-refractivity contribution in [2.45, 2.75) is 65.1 Å². The van der Waals surface area contributed by atoms with Crippen LogP contribution in [0.4, 0.5) is 0 Å². The van der Waals surface area contributed by atoms with Crippen LogP contribution >= 0.6 is 0 Å². The van der Waals surface area contributed by atoms with Crippen LogP contribution in [0.15, 0.2) is 11.6 Å². The van der Waals surface area contributed by atoms with Crippen molar-refractivity contribution >= 4 is 0 Å². The van der Waals surface area contributed by atoms with Crippen LogP contribution in [0.2, 0.25) is 0 Å². The van der Waals surface area contributed by atoms with Gasteiger partial charge >= 0.3 is 0 Å². The second-order valence-corrected chi connectivity index (χ2v) is 6.84. The Morgan fingerprint density at radius 3 is 2.41 bits per heavy atom. The zero-order valence-corrected chi connectivity index (χ0v) is 11.5. The summed E-state index contributed by atoms with van der Waals surface area (Å²) in [5, 5.41) is 21.0. The van der Waals surface area contributed by atoms with E-state index < -0.39 is 5.60 Å². The lowest BCUT2D eigenvalue weighted by molar-refractivity contribution is -0.143. The first kappa shape index (κ1) is 13.1. The third kappa shape index (κ3) is 2.06. The fraction of sp³-hybridized carbons (Fsp3) is 0.867. The summed E-state index contributed by atoms with van der Waals surface area (Å²) in [7, 11) is 0. The summed E-state index contributed by atoms with van der Waals surface area (Å²) in [6, 6.07) is 0. The molecule has 2 nitrogen and oxygen atoms in total. The number of hydrogen-bond donors (Lipinski definition) is 2. The molecule has 0 saturated heterocycles. The molecule has 98 valence electrons. The third-order valence-corrected chi connectivity index (χ3v) is 5.06. The summed E-state index contributed by atoms with van der Waals surface area (Å²) in [6.45, 7) is 8.35. The van der Waals surface area contributed by atoms with Crippen molar-refractivity contribution in [3.8, 4) is 0 Å². The van der Waals surface area contributed by atoms with Gasteiger partial charge in [0.25, 0.3) is 0 Å². The van der Waals surface area contributed by atoms with Gasteiger partial charge in [-0.15, -0.1) is 0 Å². The van der Waals surface area contributed by atoms with Crippen LogP contribution in [0.3, 0.4) is 0 Å². The van der Waals surface area contributed by atoms with Gasteiger partial charge in [0, 0.05) is 5.92 Å². The molecule has 0 aromatic heterocycles. The van der Waals surface area contributed by atoms with Crippen molar-refractivity contribution in [2.75, 3.05) is 0 Å². The van der Waals surface area contributed by atoms with E-state index in [1.54, 1.807) is 0 Å². The molecular formula is C15H26O2. The highest BCUT2D eigenvalue weighted by molar-refractivity contribution is 5.14. The molecular weight excluding hydrogens is 212 g/mol. The van der Waals surface area contributed by atoms with Gasteiger partial charge < -0.3 is 10.2 Å². The van der Waals surface area contributed by atoms with Crippen LogP contribution < -0.4 is 0 Å². The zero-order valence-electron chi connectivity index (χ0n) is 11.5. The monoisotopic (exact) mass is 238 g/mol. The van der Waals surface area contributed by atoms with Crippen LogP contribution in [-0.2, 0) is 0 Å². The van der Waals surface area contributed by atoms with Crippen LogP contribution in [0.5, 0.6) is 0 Å². The molecule has 0 spiro atoms. The van der Waals surface area contributed by atoms with Gasteiger partial charge in [0.05, 0.1) is 11.7 Å². The highest BCUT2D eigenvalue weighted by Gasteiger charge is 2.58. The van der Waals surface area contributed by atoms with Gasteiger partial charge in [-0.1, -0.05) is 18.6 Å². The number of hydrogen-bond acceptors (Lipinski definition) is 2. The normalized spacial score (nSPS) is 49.9. The molecule has 0 aromatic carbocycles. The average molecular weight is 238 g/mol. The second kappa shape index (κ2) is 4.10. The van der Waals surface area contributed by atoms with E-state index in [1.807, 2.05) is 6.92 Å². The molecule has 2 fully saturated rings. The highest BCUT2D eigenvalue weighted by Crippen LogP contribution is 2.58.